The number of aryl methyl sites for hydroxylation is 2. The maximum absolute atomic E-state index is 13.5. The van der Waals surface area contributed by atoms with E-state index in [4.69, 9.17) is 4.74 Å². The zero-order valence-electron chi connectivity index (χ0n) is 26.1. The van der Waals surface area contributed by atoms with E-state index in [2.05, 4.69) is 24.5 Å². The van der Waals surface area contributed by atoms with Crippen LogP contribution in [-0.4, -0.2) is 65.1 Å². The predicted octanol–water partition coefficient (Wildman–Crippen LogP) is 4.34. The number of amides is 3. The zero-order chi connectivity index (χ0) is 30.8. The van der Waals surface area contributed by atoms with Gasteiger partial charge in [-0.25, -0.2) is 0 Å². The van der Waals surface area contributed by atoms with Crippen molar-refractivity contribution in [1.29, 1.82) is 0 Å². The summed E-state index contributed by atoms with van der Waals surface area (Å²) < 4.78 is 5.87. The number of aliphatic hydroxyl groups excluding tert-OH is 1. The summed E-state index contributed by atoms with van der Waals surface area (Å²) in [5, 5.41) is 17.7. The molecule has 0 aliphatic carbocycles. The van der Waals surface area contributed by atoms with Crippen molar-refractivity contribution in [1.82, 2.24) is 15.5 Å². The molecular formula is C34H49N3O5. The molecule has 0 radical (unpaired) electrons. The molecule has 8 heteroatoms. The van der Waals surface area contributed by atoms with Gasteiger partial charge in [-0.05, 0) is 68.1 Å². The third kappa shape index (κ3) is 9.58. The molecule has 2 aromatic carbocycles. The quantitative estimate of drug-likeness (QED) is 0.291. The van der Waals surface area contributed by atoms with Crippen LogP contribution in [0.2, 0.25) is 0 Å². The van der Waals surface area contributed by atoms with Gasteiger partial charge in [0.25, 0.3) is 5.91 Å². The molecule has 1 heterocycles. The first-order chi connectivity index (χ1) is 20.0. The smallest absolute Gasteiger partial charge is 0.258 e. The summed E-state index contributed by atoms with van der Waals surface area (Å²) in [6.07, 6.45) is 1.65. The van der Waals surface area contributed by atoms with E-state index in [0.29, 0.717) is 31.6 Å². The van der Waals surface area contributed by atoms with Crippen molar-refractivity contribution in [3.63, 3.8) is 0 Å². The summed E-state index contributed by atoms with van der Waals surface area (Å²) in [6.45, 7) is 12.3. The lowest BCUT2D eigenvalue weighted by Crippen LogP contribution is -2.54. The molecule has 230 valence electrons. The fraction of sp³-hybridized carbons (Fsp3) is 0.559. The molecule has 1 saturated heterocycles. The largest absolute Gasteiger partial charge is 0.483 e. The number of para-hydroxylation sites is 1. The highest BCUT2D eigenvalue weighted by atomic mass is 16.5. The summed E-state index contributed by atoms with van der Waals surface area (Å²) in [5.41, 5.74) is 2.88. The third-order valence-corrected chi connectivity index (χ3v) is 7.84. The second-order valence-electron chi connectivity index (χ2n) is 12.4. The van der Waals surface area contributed by atoms with Crippen LogP contribution in [0.4, 0.5) is 0 Å². The van der Waals surface area contributed by atoms with Gasteiger partial charge in [0, 0.05) is 19.0 Å². The second-order valence-corrected chi connectivity index (χ2v) is 12.4. The van der Waals surface area contributed by atoms with Crippen LogP contribution >= 0.6 is 0 Å². The number of ether oxygens (including phenoxy) is 1. The van der Waals surface area contributed by atoms with Crippen molar-refractivity contribution in [2.75, 3.05) is 13.2 Å². The van der Waals surface area contributed by atoms with E-state index >= 15 is 0 Å². The molecule has 0 bridgehead atoms. The minimum atomic E-state index is -0.927. The Morgan fingerprint density at radius 3 is 2.19 bits per heavy atom. The highest BCUT2D eigenvalue weighted by molar-refractivity contribution is 5.89. The van der Waals surface area contributed by atoms with Crippen LogP contribution in [0.15, 0.2) is 48.5 Å². The van der Waals surface area contributed by atoms with E-state index in [0.717, 1.165) is 23.1 Å². The van der Waals surface area contributed by atoms with Crippen molar-refractivity contribution in [3.05, 3.63) is 65.2 Å². The maximum atomic E-state index is 13.5. The lowest BCUT2D eigenvalue weighted by atomic mass is 9.92. The molecule has 3 N–H and O–H groups in total. The van der Waals surface area contributed by atoms with Crippen molar-refractivity contribution < 1.29 is 24.2 Å². The molecule has 1 aliphatic heterocycles. The number of carbonyl (C=O) groups excluding carboxylic acids is 3. The van der Waals surface area contributed by atoms with Gasteiger partial charge < -0.3 is 25.4 Å². The molecule has 0 spiro atoms. The van der Waals surface area contributed by atoms with E-state index in [9.17, 15) is 19.5 Å². The average Bonchev–Trinajstić information content (AvgIpc) is 3.33. The number of hydrogen-bond acceptors (Lipinski definition) is 5. The molecule has 0 unspecified atom stereocenters. The number of nitrogens with one attached hydrogen (secondary N) is 2. The summed E-state index contributed by atoms with van der Waals surface area (Å²) in [7, 11) is 0. The highest BCUT2D eigenvalue weighted by Crippen LogP contribution is 2.23. The highest BCUT2D eigenvalue weighted by Gasteiger charge is 2.36. The number of aliphatic hydroxyl groups is 1. The summed E-state index contributed by atoms with van der Waals surface area (Å²) in [5.74, 6) is 0.403. The first-order valence-electron chi connectivity index (χ1n) is 15.3. The molecule has 1 fully saturated rings. The van der Waals surface area contributed by atoms with Crippen molar-refractivity contribution in [3.8, 4) is 5.75 Å². The fourth-order valence-electron chi connectivity index (χ4n) is 5.86. The summed E-state index contributed by atoms with van der Waals surface area (Å²) in [6, 6.07) is 14.1. The molecule has 42 heavy (non-hydrogen) atoms. The number of carbonyl (C=O) groups is 3. The molecular weight excluding hydrogens is 530 g/mol. The van der Waals surface area contributed by atoms with E-state index in [1.807, 2.05) is 76.2 Å². The lowest BCUT2D eigenvalue weighted by molar-refractivity contribution is -0.139. The van der Waals surface area contributed by atoms with Crippen LogP contribution in [0, 0.1) is 25.7 Å². The Hall–Kier alpha value is -3.39. The Balaban J connectivity index is 1.73. The van der Waals surface area contributed by atoms with E-state index in [1.54, 1.807) is 4.90 Å². The first kappa shape index (κ1) is 33.1. The molecule has 3 amide bonds. The average molecular weight is 580 g/mol. The van der Waals surface area contributed by atoms with Gasteiger partial charge >= 0.3 is 0 Å². The van der Waals surface area contributed by atoms with Gasteiger partial charge in [-0.2, -0.15) is 0 Å². The number of likely N-dealkylation sites (tertiary alicyclic amines) is 1. The van der Waals surface area contributed by atoms with Gasteiger partial charge in [0.15, 0.2) is 6.61 Å². The minimum absolute atomic E-state index is 0.0121. The SMILES string of the molecule is Cc1cccc(C)c1OCC(=O)N[C@@H](Cc1ccccc1)[C@@H](O)C[C@H](CC(C)C)NC(=O)[C@H](C(C)C)N1CCCC1=O. The van der Waals surface area contributed by atoms with Crippen molar-refractivity contribution in [2.45, 2.75) is 97.9 Å². The molecule has 0 saturated carbocycles. The number of benzene rings is 2. The van der Waals surface area contributed by atoms with Gasteiger partial charge in [-0.3, -0.25) is 14.4 Å². The third-order valence-electron chi connectivity index (χ3n) is 7.84. The van der Waals surface area contributed by atoms with Crippen molar-refractivity contribution in [2.24, 2.45) is 11.8 Å². The number of hydrogen-bond donors (Lipinski definition) is 3. The van der Waals surface area contributed by atoms with Crippen LogP contribution in [0.3, 0.4) is 0 Å². The monoisotopic (exact) mass is 579 g/mol. The minimum Gasteiger partial charge on any atom is -0.483 e. The Bertz CT molecular complexity index is 1160. The van der Waals surface area contributed by atoms with Gasteiger partial charge in [0.1, 0.15) is 11.8 Å². The Labute approximate surface area is 251 Å². The lowest BCUT2D eigenvalue weighted by Gasteiger charge is -2.33. The molecule has 2 aromatic rings. The Kier molecular flexibility index (Phi) is 12.4. The second kappa shape index (κ2) is 15.7. The molecule has 1 aliphatic rings. The fourth-order valence-corrected chi connectivity index (χ4v) is 5.86. The van der Waals surface area contributed by atoms with Gasteiger partial charge in [0.2, 0.25) is 11.8 Å². The topological polar surface area (TPSA) is 108 Å². The van der Waals surface area contributed by atoms with Crippen LogP contribution in [0.5, 0.6) is 5.75 Å². The van der Waals surface area contributed by atoms with Crippen LogP contribution in [0.25, 0.3) is 0 Å². The van der Waals surface area contributed by atoms with Gasteiger partial charge in [-0.1, -0.05) is 76.2 Å². The molecule has 8 nitrogen and oxygen atoms in total. The number of nitrogens with zero attached hydrogens (tertiary/aromatic N) is 1. The normalized spacial score (nSPS) is 16.3. The van der Waals surface area contributed by atoms with Crippen LogP contribution < -0.4 is 15.4 Å². The predicted molar refractivity (Wildman–Crippen MR) is 165 cm³/mol. The van der Waals surface area contributed by atoms with Crippen molar-refractivity contribution >= 4 is 17.7 Å². The Morgan fingerprint density at radius 1 is 0.952 bits per heavy atom. The number of rotatable bonds is 15. The maximum Gasteiger partial charge on any atom is 0.258 e. The van der Waals surface area contributed by atoms with Gasteiger partial charge in [0.05, 0.1) is 12.1 Å². The van der Waals surface area contributed by atoms with Gasteiger partial charge in [-0.15, -0.1) is 0 Å². The summed E-state index contributed by atoms with van der Waals surface area (Å²) in [4.78, 5) is 40.8. The first-order valence-corrected chi connectivity index (χ1v) is 15.3. The summed E-state index contributed by atoms with van der Waals surface area (Å²) >= 11 is 0. The Morgan fingerprint density at radius 2 is 1.62 bits per heavy atom. The van der Waals surface area contributed by atoms with E-state index < -0.39 is 18.2 Å². The van der Waals surface area contributed by atoms with E-state index in [1.165, 1.54) is 0 Å². The molecule has 3 rings (SSSR count). The molecule has 4 atom stereocenters. The molecule has 0 aromatic heterocycles. The van der Waals surface area contributed by atoms with Crippen LogP contribution in [0.1, 0.15) is 70.1 Å². The van der Waals surface area contributed by atoms with Crippen LogP contribution in [-0.2, 0) is 20.8 Å². The standard InChI is InChI=1S/C34H49N3O5/c1-22(2)18-27(35-34(41)32(23(3)4)37-17-11-16-31(37)40)20-29(38)28(19-26-14-8-7-9-15-26)36-30(39)21-42-33-24(5)12-10-13-25(33)6/h7-10,12-15,22-23,27-29,32,38H,11,16-21H2,1-6H3,(H,35,41)(H,36,39)/t27-,28-,29-,32-/m0/s1. The van der Waals surface area contributed by atoms with E-state index in [-0.39, 0.29) is 48.6 Å². The zero-order valence-corrected chi connectivity index (χ0v) is 26.1.